The Labute approximate surface area is 125 Å². The fraction of sp³-hybridized carbons (Fsp3) is 0.562. The number of carbonyl (C=O) groups is 1. The van der Waals surface area contributed by atoms with Gasteiger partial charge in [0.2, 0.25) is 0 Å². The zero-order chi connectivity index (χ0) is 14.9. The highest BCUT2D eigenvalue weighted by Crippen LogP contribution is 2.39. The number of halogens is 1. The Hall–Kier alpha value is -1.03. The quantitative estimate of drug-likeness (QED) is 0.643. The van der Waals surface area contributed by atoms with Crippen LogP contribution < -0.4 is 0 Å². The summed E-state index contributed by atoms with van der Waals surface area (Å²) >= 11 is 3.99. The molecule has 2 rings (SSSR count). The van der Waals surface area contributed by atoms with Crippen LogP contribution >= 0.6 is 12.6 Å². The molecule has 1 aliphatic rings. The summed E-state index contributed by atoms with van der Waals surface area (Å²) in [6.45, 7) is 6.59. The van der Waals surface area contributed by atoms with Gasteiger partial charge in [0.05, 0.1) is 5.56 Å². The topological polar surface area (TPSA) is 26.3 Å². The van der Waals surface area contributed by atoms with Crippen molar-refractivity contribution in [3.05, 3.63) is 29.6 Å². The molecule has 0 aromatic heterocycles. The fourth-order valence-corrected chi connectivity index (χ4v) is 3.42. The largest absolute Gasteiger partial charge is 0.459 e. The van der Waals surface area contributed by atoms with Crippen LogP contribution in [-0.2, 0) is 4.74 Å². The number of carbonyl (C=O) groups excluding carboxylic acids is 1. The van der Waals surface area contributed by atoms with Crippen molar-refractivity contribution in [1.29, 1.82) is 0 Å². The molecule has 0 amide bonds. The van der Waals surface area contributed by atoms with Gasteiger partial charge in [0, 0.05) is 4.90 Å². The van der Waals surface area contributed by atoms with Gasteiger partial charge in [0.15, 0.2) is 0 Å². The Morgan fingerprint density at radius 2 is 2.10 bits per heavy atom. The number of rotatable bonds is 2. The zero-order valence-corrected chi connectivity index (χ0v) is 13.0. The third kappa shape index (κ3) is 3.75. The van der Waals surface area contributed by atoms with Gasteiger partial charge in [0.25, 0.3) is 0 Å². The van der Waals surface area contributed by atoms with Crippen molar-refractivity contribution in [3.63, 3.8) is 0 Å². The minimum Gasteiger partial charge on any atom is -0.459 e. The molecule has 20 heavy (non-hydrogen) atoms. The third-order valence-corrected chi connectivity index (χ3v) is 4.14. The molecule has 2 nitrogen and oxygen atoms in total. The number of thiol groups is 1. The Kier molecular flexibility index (Phi) is 4.43. The first kappa shape index (κ1) is 15.4. The molecule has 1 aliphatic carbocycles. The van der Waals surface area contributed by atoms with Crippen molar-refractivity contribution >= 4 is 18.6 Å². The first-order valence-electron chi connectivity index (χ1n) is 6.96. The summed E-state index contributed by atoms with van der Waals surface area (Å²) in [5.41, 5.74) is 0.549. The predicted molar refractivity (Wildman–Crippen MR) is 79.7 cm³/mol. The van der Waals surface area contributed by atoms with Crippen LogP contribution in [0.25, 0.3) is 0 Å². The average Bonchev–Trinajstić information content (AvgIpc) is 2.29. The summed E-state index contributed by atoms with van der Waals surface area (Å²) in [5.74, 6) is -0.280. The van der Waals surface area contributed by atoms with Crippen LogP contribution in [-0.4, -0.2) is 12.1 Å². The van der Waals surface area contributed by atoms with Gasteiger partial charge in [-0.1, -0.05) is 20.8 Å². The van der Waals surface area contributed by atoms with E-state index in [2.05, 4.69) is 33.4 Å². The summed E-state index contributed by atoms with van der Waals surface area (Å²) in [4.78, 5) is 12.3. The molecular weight excluding hydrogens is 275 g/mol. The monoisotopic (exact) mass is 296 g/mol. The molecule has 2 unspecified atom stereocenters. The zero-order valence-electron chi connectivity index (χ0n) is 12.1. The van der Waals surface area contributed by atoms with Crippen molar-refractivity contribution in [2.24, 2.45) is 11.3 Å². The van der Waals surface area contributed by atoms with Gasteiger partial charge in [-0.3, -0.25) is 0 Å². The number of hydrogen-bond acceptors (Lipinski definition) is 3. The maximum absolute atomic E-state index is 13.1. The number of benzene rings is 1. The molecule has 0 N–H and O–H groups in total. The van der Waals surface area contributed by atoms with Gasteiger partial charge in [-0.15, -0.1) is 12.6 Å². The summed E-state index contributed by atoms with van der Waals surface area (Å²) < 4.78 is 18.7. The van der Waals surface area contributed by atoms with Gasteiger partial charge in [-0.25, -0.2) is 9.18 Å². The van der Waals surface area contributed by atoms with Crippen molar-refractivity contribution < 1.29 is 13.9 Å². The highest BCUT2D eigenvalue weighted by Gasteiger charge is 2.34. The van der Waals surface area contributed by atoms with Crippen molar-refractivity contribution in [3.8, 4) is 0 Å². The summed E-state index contributed by atoms with van der Waals surface area (Å²) in [7, 11) is 0. The normalized spacial score (nSPS) is 25.2. The number of ether oxygens (including phenoxy) is 1. The third-order valence-electron chi connectivity index (χ3n) is 3.80. The van der Waals surface area contributed by atoms with E-state index >= 15 is 0 Å². The maximum Gasteiger partial charge on any atom is 0.338 e. The minimum absolute atomic E-state index is 0.0605. The van der Waals surface area contributed by atoms with Gasteiger partial charge in [-0.2, -0.15) is 0 Å². The van der Waals surface area contributed by atoms with Crippen LogP contribution in [0, 0.1) is 17.2 Å². The molecule has 1 fully saturated rings. The molecule has 110 valence electrons. The van der Waals surface area contributed by atoms with Crippen LogP contribution in [0.4, 0.5) is 4.39 Å². The minimum atomic E-state index is -0.433. The molecule has 1 saturated carbocycles. The second-order valence-corrected chi connectivity index (χ2v) is 7.09. The van der Waals surface area contributed by atoms with E-state index in [1.165, 1.54) is 18.2 Å². The first-order valence-corrected chi connectivity index (χ1v) is 7.41. The highest BCUT2D eigenvalue weighted by atomic mass is 32.1. The van der Waals surface area contributed by atoms with Gasteiger partial charge < -0.3 is 4.74 Å². The van der Waals surface area contributed by atoms with E-state index in [1.807, 2.05) is 0 Å². The lowest BCUT2D eigenvalue weighted by Crippen LogP contribution is -2.34. The van der Waals surface area contributed by atoms with E-state index in [4.69, 9.17) is 4.74 Å². The Balaban J connectivity index is 2.05. The highest BCUT2D eigenvalue weighted by molar-refractivity contribution is 7.80. The van der Waals surface area contributed by atoms with E-state index < -0.39 is 11.8 Å². The van der Waals surface area contributed by atoms with Gasteiger partial charge in [-0.05, 0) is 48.8 Å². The van der Waals surface area contributed by atoms with Crippen molar-refractivity contribution in [2.75, 3.05) is 0 Å². The van der Waals surface area contributed by atoms with Crippen molar-refractivity contribution in [1.82, 2.24) is 0 Å². The lowest BCUT2D eigenvalue weighted by atomic mass is 9.71. The molecule has 1 aromatic rings. The standard InChI is InChI=1S/C16H21FO2S/c1-10-6-12(9-16(2,3)8-10)19-15(18)11-4-5-13(17)14(20)7-11/h4-5,7,10,12,20H,6,8-9H2,1-3H3. The molecule has 4 heteroatoms. The molecular formula is C16H21FO2S. The SMILES string of the molecule is CC1CC(OC(=O)c2ccc(F)c(S)c2)CC(C)(C)C1. The Morgan fingerprint density at radius 1 is 1.40 bits per heavy atom. The predicted octanol–water partition coefficient (Wildman–Crippen LogP) is 4.49. The maximum atomic E-state index is 13.1. The van der Waals surface area contributed by atoms with Crippen LogP contribution in [0.5, 0.6) is 0 Å². The van der Waals surface area contributed by atoms with E-state index in [0.29, 0.717) is 11.5 Å². The first-order chi connectivity index (χ1) is 9.27. The summed E-state index contributed by atoms with van der Waals surface area (Å²) in [6.07, 6.45) is 2.86. The molecule has 1 aromatic carbocycles. The van der Waals surface area contributed by atoms with Crippen LogP contribution in [0.15, 0.2) is 23.1 Å². The van der Waals surface area contributed by atoms with Crippen molar-refractivity contribution in [2.45, 2.75) is 51.0 Å². The van der Waals surface area contributed by atoms with Gasteiger partial charge in [0.1, 0.15) is 11.9 Å². The van der Waals surface area contributed by atoms with Crippen LogP contribution in [0.3, 0.4) is 0 Å². The van der Waals surface area contributed by atoms with E-state index in [-0.39, 0.29) is 16.4 Å². The molecule has 0 aliphatic heterocycles. The number of hydrogen-bond donors (Lipinski definition) is 1. The molecule has 0 saturated heterocycles. The van der Waals surface area contributed by atoms with Crippen LogP contribution in [0.1, 0.15) is 50.4 Å². The second-order valence-electron chi connectivity index (χ2n) is 6.61. The molecule has 0 radical (unpaired) electrons. The number of esters is 1. The summed E-state index contributed by atoms with van der Waals surface area (Å²) in [6, 6.07) is 4.10. The molecule has 0 bridgehead atoms. The van der Waals surface area contributed by atoms with E-state index in [1.54, 1.807) is 0 Å². The van der Waals surface area contributed by atoms with E-state index in [9.17, 15) is 9.18 Å². The summed E-state index contributed by atoms with van der Waals surface area (Å²) in [5, 5.41) is 0. The molecule has 2 atom stereocenters. The second kappa shape index (κ2) is 5.76. The Bertz CT molecular complexity index is 513. The fourth-order valence-electron chi connectivity index (χ4n) is 3.21. The smallest absolute Gasteiger partial charge is 0.338 e. The lowest BCUT2D eigenvalue weighted by molar-refractivity contribution is -0.00717. The lowest BCUT2D eigenvalue weighted by Gasteiger charge is -2.38. The average molecular weight is 296 g/mol. The molecule has 0 spiro atoms. The van der Waals surface area contributed by atoms with Gasteiger partial charge >= 0.3 is 5.97 Å². The Morgan fingerprint density at radius 3 is 2.70 bits per heavy atom. The van der Waals surface area contributed by atoms with Crippen LogP contribution in [0.2, 0.25) is 0 Å². The molecule has 0 heterocycles. The van der Waals surface area contributed by atoms with E-state index in [0.717, 1.165) is 19.3 Å².